The van der Waals surface area contributed by atoms with Gasteiger partial charge < -0.3 is 22.1 Å². The highest BCUT2D eigenvalue weighted by Gasteiger charge is 2.06. The van der Waals surface area contributed by atoms with E-state index in [2.05, 4.69) is 31.5 Å². The predicted octanol–water partition coefficient (Wildman–Crippen LogP) is 0.815. The van der Waals surface area contributed by atoms with Gasteiger partial charge in [-0.2, -0.15) is 0 Å². The Balaban J connectivity index is 2.55. The average Bonchev–Trinajstić information content (AvgIpc) is 2.23. The SMILES string of the molecule is Cc1c(N)cnc(NCCNC(N)=O)c1Br. The second-order valence-electron chi connectivity index (χ2n) is 3.22. The van der Waals surface area contributed by atoms with Crippen molar-refractivity contribution in [2.45, 2.75) is 6.92 Å². The molecule has 0 saturated heterocycles. The zero-order valence-corrected chi connectivity index (χ0v) is 10.5. The fourth-order valence-electron chi connectivity index (χ4n) is 1.08. The first kappa shape index (κ1) is 12.6. The molecule has 6 nitrogen and oxygen atoms in total. The van der Waals surface area contributed by atoms with E-state index in [1.807, 2.05) is 6.92 Å². The van der Waals surface area contributed by atoms with Crippen LogP contribution in [0.15, 0.2) is 10.7 Å². The lowest BCUT2D eigenvalue weighted by Crippen LogP contribution is -2.33. The molecule has 7 heteroatoms. The normalized spacial score (nSPS) is 9.88. The number of pyridine rings is 1. The van der Waals surface area contributed by atoms with Crippen molar-refractivity contribution in [3.05, 3.63) is 16.2 Å². The maximum Gasteiger partial charge on any atom is 0.312 e. The summed E-state index contributed by atoms with van der Waals surface area (Å²) in [6.07, 6.45) is 1.59. The van der Waals surface area contributed by atoms with Crippen LogP contribution in [0.25, 0.3) is 0 Å². The van der Waals surface area contributed by atoms with Crippen LogP contribution in [0, 0.1) is 6.92 Å². The Morgan fingerprint density at radius 3 is 2.88 bits per heavy atom. The fraction of sp³-hybridized carbons (Fsp3) is 0.333. The van der Waals surface area contributed by atoms with Crippen LogP contribution in [-0.4, -0.2) is 24.1 Å². The van der Waals surface area contributed by atoms with Gasteiger partial charge in [0.15, 0.2) is 0 Å². The number of hydrogen-bond donors (Lipinski definition) is 4. The van der Waals surface area contributed by atoms with Gasteiger partial charge in [0.05, 0.1) is 16.4 Å². The summed E-state index contributed by atoms with van der Waals surface area (Å²) in [7, 11) is 0. The highest BCUT2D eigenvalue weighted by Crippen LogP contribution is 2.27. The molecule has 88 valence electrons. The predicted molar refractivity (Wildman–Crippen MR) is 67.2 cm³/mol. The number of primary amides is 1. The molecule has 0 saturated carbocycles. The minimum atomic E-state index is -0.540. The summed E-state index contributed by atoms with van der Waals surface area (Å²) < 4.78 is 0.826. The molecule has 2 amide bonds. The van der Waals surface area contributed by atoms with E-state index in [9.17, 15) is 4.79 Å². The summed E-state index contributed by atoms with van der Waals surface area (Å²) in [5.74, 6) is 0.693. The molecule has 1 rings (SSSR count). The van der Waals surface area contributed by atoms with Crippen molar-refractivity contribution in [3.8, 4) is 0 Å². The Kier molecular flexibility index (Phi) is 4.36. The van der Waals surface area contributed by atoms with E-state index < -0.39 is 6.03 Å². The second kappa shape index (κ2) is 5.55. The molecule has 1 heterocycles. The third-order valence-electron chi connectivity index (χ3n) is 2.02. The molecule has 0 fully saturated rings. The van der Waals surface area contributed by atoms with Crippen LogP contribution in [0.2, 0.25) is 0 Å². The van der Waals surface area contributed by atoms with E-state index in [1.54, 1.807) is 6.20 Å². The third-order valence-corrected chi connectivity index (χ3v) is 2.99. The van der Waals surface area contributed by atoms with Crippen molar-refractivity contribution in [1.29, 1.82) is 0 Å². The van der Waals surface area contributed by atoms with Crippen molar-refractivity contribution < 1.29 is 4.79 Å². The lowest BCUT2D eigenvalue weighted by atomic mass is 10.2. The van der Waals surface area contributed by atoms with Crippen molar-refractivity contribution in [3.63, 3.8) is 0 Å². The molecule has 0 aromatic carbocycles. The number of nitrogens with one attached hydrogen (secondary N) is 2. The van der Waals surface area contributed by atoms with Gasteiger partial charge in [0.25, 0.3) is 0 Å². The Bertz CT molecular complexity index is 396. The number of aromatic nitrogens is 1. The fourth-order valence-corrected chi connectivity index (χ4v) is 1.55. The van der Waals surface area contributed by atoms with Gasteiger partial charge in [-0.05, 0) is 28.4 Å². The van der Waals surface area contributed by atoms with Gasteiger partial charge in [0, 0.05) is 13.1 Å². The number of nitrogens with zero attached hydrogens (tertiary/aromatic N) is 1. The van der Waals surface area contributed by atoms with Crippen molar-refractivity contribution in [1.82, 2.24) is 10.3 Å². The van der Waals surface area contributed by atoms with E-state index in [0.717, 1.165) is 10.0 Å². The summed E-state index contributed by atoms with van der Waals surface area (Å²) in [4.78, 5) is 14.5. The lowest BCUT2D eigenvalue weighted by Gasteiger charge is -2.10. The van der Waals surface area contributed by atoms with E-state index in [-0.39, 0.29) is 0 Å². The first-order valence-corrected chi connectivity index (χ1v) is 5.49. The summed E-state index contributed by atoms with van der Waals surface area (Å²) in [5, 5.41) is 5.52. The lowest BCUT2D eigenvalue weighted by molar-refractivity contribution is 0.249. The van der Waals surface area contributed by atoms with Gasteiger partial charge in [-0.15, -0.1) is 0 Å². The Morgan fingerprint density at radius 2 is 2.25 bits per heavy atom. The Morgan fingerprint density at radius 1 is 1.56 bits per heavy atom. The molecule has 0 bridgehead atoms. The van der Waals surface area contributed by atoms with E-state index in [1.165, 1.54) is 0 Å². The minimum absolute atomic E-state index is 0.437. The number of rotatable bonds is 4. The van der Waals surface area contributed by atoms with Gasteiger partial charge in [0.1, 0.15) is 5.82 Å². The Labute approximate surface area is 102 Å². The first-order valence-electron chi connectivity index (χ1n) is 4.70. The monoisotopic (exact) mass is 287 g/mol. The molecule has 0 atom stereocenters. The molecule has 0 unspecified atom stereocenters. The molecular formula is C9H14BrN5O. The van der Waals surface area contributed by atoms with Crippen LogP contribution >= 0.6 is 15.9 Å². The maximum atomic E-state index is 10.4. The zero-order valence-electron chi connectivity index (χ0n) is 8.88. The van der Waals surface area contributed by atoms with Gasteiger partial charge >= 0.3 is 6.03 Å². The van der Waals surface area contributed by atoms with E-state index in [0.29, 0.717) is 24.6 Å². The number of hydrogen-bond acceptors (Lipinski definition) is 4. The highest BCUT2D eigenvalue weighted by molar-refractivity contribution is 9.10. The van der Waals surface area contributed by atoms with Crippen LogP contribution in [0.3, 0.4) is 0 Å². The quantitative estimate of drug-likeness (QED) is 0.615. The van der Waals surface area contributed by atoms with Crippen LogP contribution in [0.4, 0.5) is 16.3 Å². The molecule has 16 heavy (non-hydrogen) atoms. The Hall–Kier alpha value is -1.50. The van der Waals surface area contributed by atoms with Crippen molar-refractivity contribution >= 4 is 33.5 Å². The topological polar surface area (TPSA) is 106 Å². The molecular weight excluding hydrogens is 274 g/mol. The summed E-state index contributed by atoms with van der Waals surface area (Å²) in [5.41, 5.74) is 12.2. The molecule has 0 aliphatic heterocycles. The maximum absolute atomic E-state index is 10.4. The highest BCUT2D eigenvalue weighted by atomic mass is 79.9. The standard InChI is InChI=1S/C9H14BrN5O/c1-5-6(11)4-15-8(7(5)10)13-2-3-14-9(12)16/h4H,2-3,11H2,1H3,(H,13,15)(H3,12,14,16). The minimum Gasteiger partial charge on any atom is -0.397 e. The molecule has 0 spiro atoms. The summed E-state index contributed by atoms with van der Waals surface area (Å²) in [6, 6.07) is -0.540. The van der Waals surface area contributed by atoms with Crippen LogP contribution in [0.1, 0.15) is 5.56 Å². The van der Waals surface area contributed by atoms with Gasteiger partial charge in [-0.1, -0.05) is 0 Å². The summed E-state index contributed by atoms with van der Waals surface area (Å²) >= 11 is 3.40. The number of nitrogens with two attached hydrogens (primary N) is 2. The molecule has 0 aliphatic carbocycles. The molecule has 0 radical (unpaired) electrons. The first-order chi connectivity index (χ1) is 7.52. The third kappa shape index (κ3) is 3.27. The van der Waals surface area contributed by atoms with Crippen LogP contribution < -0.4 is 22.1 Å². The smallest absolute Gasteiger partial charge is 0.312 e. The second-order valence-corrected chi connectivity index (χ2v) is 4.01. The molecule has 6 N–H and O–H groups in total. The van der Waals surface area contributed by atoms with Gasteiger partial charge in [-0.25, -0.2) is 9.78 Å². The number of amides is 2. The zero-order chi connectivity index (χ0) is 12.1. The molecule has 0 aliphatic rings. The number of urea groups is 1. The molecule has 1 aromatic rings. The molecule has 1 aromatic heterocycles. The van der Waals surface area contributed by atoms with Crippen LogP contribution in [-0.2, 0) is 0 Å². The van der Waals surface area contributed by atoms with Gasteiger partial charge in [-0.3, -0.25) is 0 Å². The van der Waals surface area contributed by atoms with Crippen LogP contribution in [0.5, 0.6) is 0 Å². The van der Waals surface area contributed by atoms with Crippen molar-refractivity contribution in [2.75, 3.05) is 24.1 Å². The summed E-state index contributed by atoms with van der Waals surface area (Å²) in [6.45, 7) is 2.87. The number of anilines is 2. The van der Waals surface area contributed by atoms with E-state index in [4.69, 9.17) is 11.5 Å². The van der Waals surface area contributed by atoms with Crippen molar-refractivity contribution in [2.24, 2.45) is 5.73 Å². The number of carbonyl (C=O) groups excluding carboxylic acids is 1. The largest absolute Gasteiger partial charge is 0.397 e. The number of halogens is 1. The number of carbonyl (C=O) groups is 1. The average molecular weight is 288 g/mol. The van der Waals surface area contributed by atoms with E-state index >= 15 is 0 Å². The van der Waals surface area contributed by atoms with Gasteiger partial charge in [0.2, 0.25) is 0 Å². The number of nitrogen functional groups attached to an aromatic ring is 1.